The second-order valence-corrected chi connectivity index (χ2v) is 8.75. The highest BCUT2D eigenvalue weighted by Crippen LogP contribution is 2.41. The van der Waals surface area contributed by atoms with Crippen LogP contribution in [-0.2, 0) is 4.79 Å². The monoisotopic (exact) mass is 448 g/mol. The molecule has 7 nitrogen and oxygen atoms in total. The lowest BCUT2D eigenvalue weighted by molar-refractivity contribution is -0.116. The van der Waals surface area contributed by atoms with Gasteiger partial charge >= 0.3 is 0 Å². The summed E-state index contributed by atoms with van der Waals surface area (Å²) in [5, 5.41) is 8.30. The smallest absolute Gasteiger partial charge is 0.226 e. The van der Waals surface area contributed by atoms with Gasteiger partial charge in [0.05, 0.1) is 30.1 Å². The lowest BCUT2D eigenvalue weighted by Crippen LogP contribution is -2.24. The highest BCUT2D eigenvalue weighted by Gasteiger charge is 2.31. The molecule has 1 amide bonds. The summed E-state index contributed by atoms with van der Waals surface area (Å²) in [4.78, 5) is 17.3. The van der Waals surface area contributed by atoms with E-state index in [4.69, 9.17) is 14.5 Å². The van der Waals surface area contributed by atoms with Gasteiger partial charge in [0.15, 0.2) is 11.5 Å². The van der Waals surface area contributed by atoms with Gasteiger partial charge in [0, 0.05) is 17.9 Å². The number of nitrogens with one attached hydrogen (secondary N) is 1. The Morgan fingerprint density at radius 2 is 2.09 bits per heavy atom. The van der Waals surface area contributed by atoms with Crippen LogP contribution in [0.2, 0.25) is 0 Å². The van der Waals surface area contributed by atoms with Crippen LogP contribution in [0.15, 0.2) is 48.7 Å². The molecular formula is C24H24N4O3S. The molecule has 1 aliphatic heterocycles. The van der Waals surface area contributed by atoms with Crippen LogP contribution >= 0.6 is 11.3 Å². The summed E-state index contributed by atoms with van der Waals surface area (Å²) in [6.45, 7) is 2.78. The highest BCUT2D eigenvalue weighted by atomic mass is 32.1. The van der Waals surface area contributed by atoms with Crippen LogP contribution in [0, 0.1) is 0 Å². The molecule has 5 rings (SSSR count). The average molecular weight is 449 g/mol. The number of carbonyl (C=O) groups is 1. The number of carbonyl (C=O) groups excluding carboxylic acids is 1. The fourth-order valence-electron chi connectivity index (χ4n) is 3.96. The Morgan fingerprint density at radius 3 is 2.91 bits per heavy atom. The lowest BCUT2D eigenvalue weighted by atomic mass is 9.87. The molecule has 2 aromatic carbocycles. The van der Waals surface area contributed by atoms with E-state index in [9.17, 15) is 4.79 Å². The Labute approximate surface area is 190 Å². The van der Waals surface area contributed by atoms with Gasteiger partial charge in [0.25, 0.3) is 0 Å². The Bertz CT molecular complexity index is 1250. The van der Waals surface area contributed by atoms with Crippen LogP contribution in [0.3, 0.4) is 0 Å². The predicted octanol–water partition coefficient (Wildman–Crippen LogP) is 5.14. The van der Waals surface area contributed by atoms with E-state index in [0.717, 1.165) is 45.1 Å². The zero-order valence-electron chi connectivity index (χ0n) is 18.0. The van der Waals surface area contributed by atoms with E-state index >= 15 is 0 Å². The van der Waals surface area contributed by atoms with Crippen LogP contribution in [0.4, 0.5) is 5.82 Å². The molecule has 2 aromatic heterocycles. The standard InChI is InChI=1S/C24H24N4O3S/c1-3-4-11-31-19-10-9-15(12-20(19)30-2)16-13-22(29)27-23-17(16)14-25-28(23)24-26-18-7-5-6-8-21(18)32-24/h5-10,12,14,16H,3-4,11,13H2,1-2H3,(H,27,29)/t16-/m1/s1. The first kappa shape index (κ1) is 20.5. The SMILES string of the molecule is CCCCOc1ccc([C@H]2CC(=O)Nc3c2cnn3-c2nc3ccccc3s2)cc1OC. The number of nitrogens with zero attached hydrogens (tertiary/aromatic N) is 3. The minimum atomic E-state index is -0.125. The third-order valence-electron chi connectivity index (χ3n) is 5.63. The first-order chi connectivity index (χ1) is 15.7. The van der Waals surface area contributed by atoms with Crippen LogP contribution in [0.25, 0.3) is 15.3 Å². The molecule has 1 N–H and O–H groups in total. The van der Waals surface area contributed by atoms with Gasteiger partial charge in [-0.2, -0.15) is 9.78 Å². The summed E-state index contributed by atoms with van der Waals surface area (Å²) >= 11 is 1.55. The van der Waals surface area contributed by atoms with Crippen molar-refractivity contribution in [2.75, 3.05) is 19.0 Å². The topological polar surface area (TPSA) is 78.3 Å². The van der Waals surface area contributed by atoms with Crippen molar-refractivity contribution in [3.8, 4) is 16.6 Å². The zero-order valence-corrected chi connectivity index (χ0v) is 18.8. The number of unbranched alkanes of at least 4 members (excludes halogenated alkanes) is 1. The number of thiazole rings is 1. The summed E-state index contributed by atoms with van der Waals surface area (Å²) in [7, 11) is 1.63. The first-order valence-electron chi connectivity index (χ1n) is 10.7. The number of methoxy groups -OCH3 is 1. The van der Waals surface area contributed by atoms with E-state index in [-0.39, 0.29) is 11.8 Å². The molecule has 0 spiro atoms. The van der Waals surface area contributed by atoms with E-state index < -0.39 is 0 Å². The Kier molecular flexibility index (Phi) is 5.53. The van der Waals surface area contributed by atoms with Crippen LogP contribution in [0.5, 0.6) is 11.5 Å². The third kappa shape index (κ3) is 3.71. The number of ether oxygens (including phenoxy) is 2. The van der Waals surface area contributed by atoms with Gasteiger partial charge in [0.1, 0.15) is 5.82 Å². The molecule has 0 saturated carbocycles. The number of anilines is 1. The molecule has 0 bridgehead atoms. The van der Waals surface area contributed by atoms with E-state index in [0.29, 0.717) is 24.6 Å². The molecule has 3 heterocycles. The Morgan fingerprint density at radius 1 is 1.22 bits per heavy atom. The maximum atomic E-state index is 12.6. The largest absolute Gasteiger partial charge is 0.493 e. The molecule has 0 aliphatic carbocycles. The normalized spacial score (nSPS) is 15.4. The van der Waals surface area contributed by atoms with Crippen LogP contribution < -0.4 is 14.8 Å². The summed E-state index contributed by atoms with van der Waals surface area (Å²) in [6.07, 6.45) is 4.22. The van der Waals surface area contributed by atoms with Gasteiger partial charge in [-0.15, -0.1) is 0 Å². The number of rotatable bonds is 7. The average Bonchev–Trinajstić information content (AvgIpc) is 3.42. The number of hydrogen-bond acceptors (Lipinski definition) is 6. The van der Waals surface area contributed by atoms with E-state index in [1.54, 1.807) is 23.1 Å². The van der Waals surface area contributed by atoms with Crippen molar-refractivity contribution in [3.63, 3.8) is 0 Å². The maximum Gasteiger partial charge on any atom is 0.226 e. The van der Waals surface area contributed by atoms with E-state index in [2.05, 4.69) is 17.3 Å². The Hall–Kier alpha value is -3.39. The molecule has 32 heavy (non-hydrogen) atoms. The number of para-hydroxylation sites is 1. The summed E-state index contributed by atoms with van der Waals surface area (Å²) in [5.74, 6) is 1.89. The zero-order chi connectivity index (χ0) is 22.1. The molecule has 4 aromatic rings. The van der Waals surface area contributed by atoms with Gasteiger partial charge in [-0.1, -0.05) is 42.9 Å². The van der Waals surface area contributed by atoms with E-state index in [1.165, 1.54) is 0 Å². The molecule has 1 atom stereocenters. The van der Waals surface area contributed by atoms with Crippen molar-refractivity contribution in [2.45, 2.75) is 32.1 Å². The summed E-state index contributed by atoms with van der Waals surface area (Å²) < 4.78 is 14.2. The second kappa shape index (κ2) is 8.63. The molecule has 164 valence electrons. The fraction of sp³-hybridized carbons (Fsp3) is 0.292. The van der Waals surface area contributed by atoms with Crippen molar-refractivity contribution in [2.24, 2.45) is 0 Å². The maximum absolute atomic E-state index is 12.6. The molecule has 1 aliphatic rings. The van der Waals surface area contributed by atoms with Crippen molar-refractivity contribution in [1.82, 2.24) is 14.8 Å². The highest BCUT2D eigenvalue weighted by molar-refractivity contribution is 7.20. The second-order valence-electron chi connectivity index (χ2n) is 7.74. The van der Waals surface area contributed by atoms with Gasteiger partial charge in [-0.05, 0) is 36.2 Å². The number of fused-ring (bicyclic) bond motifs is 2. The van der Waals surface area contributed by atoms with Gasteiger partial charge in [0.2, 0.25) is 11.0 Å². The molecule has 0 saturated heterocycles. The predicted molar refractivity (Wildman–Crippen MR) is 125 cm³/mol. The van der Waals surface area contributed by atoms with Crippen molar-refractivity contribution in [3.05, 3.63) is 59.8 Å². The van der Waals surface area contributed by atoms with Crippen molar-refractivity contribution in [1.29, 1.82) is 0 Å². The van der Waals surface area contributed by atoms with Gasteiger partial charge in [-0.3, -0.25) is 4.79 Å². The summed E-state index contributed by atoms with van der Waals surface area (Å²) in [6, 6.07) is 13.9. The molecule has 0 radical (unpaired) electrons. The molecule has 0 unspecified atom stereocenters. The summed E-state index contributed by atoms with van der Waals surface area (Å²) in [5.41, 5.74) is 2.87. The number of amides is 1. The van der Waals surface area contributed by atoms with Crippen LogP contribution in [-0.4, -0.2) is 34.4 Å². The molecule has 0 fully saturated rings. The van der Waals surface area contributed by atoms with Gasteiger partial charge < -0.3 is 14.8 Å². The third-order valence-corrected chi connectivity index (χ3v) is 6.64. The van der Waals surface area contributed by atoms with Crippen molar-refractivity contribution >= 4 is 33.3 Å². The lowest BCUT2D eigenvalue weighted by Gasteiger charge is -2.24. The minimum absolute atomic E-state index is 0.0485. The Balaban J connectivity index is 1.51. The molecular weight excluding hydrogens is 424 g/mol. The van der Waals surface area contributed by atoms with Gasteiger partial charge in [-0.25, -0.2) is 4.98 Å². The first-order valence-corrected chi connectivity index (χ1v) is 11.5. The minimum Gasteiger partial charge on any atom is -0.493 e. The van der Waals surface area contributed by atoms with E-state index in [1.807, 2.05) is 48.7 Å². The quantitative estimate of drug-likeness (QED) is 0.396. The number of benzene rings is 2. The number of hydrogen-bond donors (Lipinski definition) is 1. The van der Waals surface area contributed by atoms with Crippen molar-refractivity contribution < 1.29 is 14.3 Å². The molecule has 8 heteroatoms. The van der Waals surface area contributed by atoms with Crippen LogP contribution in [0.1, 0.15) is 43.2 Å². The fourth-order valence-corrected chi connectivity index (χ4v) is 4.89. The number of aromatic nitrogens is 3.